The molecule has 0 aliphatic carbocycles. The van der Waals surface area contributed by atoms with Crippen LogP contribution in [0.25, 0.3) is 0 Å². The van der Waals surface area contributed by atoms with Gasteiger partial charge in [0, 0.05) is 6.07 Å². The highest BCUT2D eigenvalue weighted by Gasteiger charge is 2.19. The van der Waals surface area contributed by atoms with Crippen molar-refractivity contribution in [3.63, 3.8) is 0 Å². The molecular weight excluding hydrogens is 356 g/mol. The predicted octanol–water partition coefficient (Wildman–Crippen LogP) is 3.72. The van der Waals surface area contributed by atoms with Crippen LogP contribution in [0.4, 0.5) is 5.00 Å². The number of hydrogen-bond donors (Lipinski definition) is 1. The fourth-order valence-electron chi connectivity index (χ4n) is 2.41. The van der Waals surface area contributed by atoms with Crippen molar-refractivity contribution in [1.29, 1.82) is 0 Å². The van der Waals surface area contributed by atoms with Crippen molar-refractivity contribution in [2.75, 3.05) is 6.61 Å². The highest BCUT2D eigenvalue weighted by Crippen LogP contribution is 2.24. The zero-order chi connectivity index (χ0) is 19.1. The van der Waals surface area contributed by atoms with E-state index in [0.29, 0.717) is 17.3 Å². The molecular formula is C18H20N2O5S. The van der Waals surface area contributed by atoms with E-state index >= 15 is 0 Å². The molecule has 0 radical (unpaired) electrons. The largest absolute Gasteiger partial charge is 0.451 e. The summed E-state index contributed by atoms with van der Waals surface area (Å²) in [7, 11) is 0. The molecule has 0 unspecified atom stereocenters. The maximum Gasteiger partial charge on any atom is 0.349 e. The van der Waals surface area contributed by atoms with E-state index in [9.17, 15) is 19.7 Å². The number of rotatable bonds is 8. The minimum absolute atomic E-state index is 0.0892. The Morgan fingerprint density at radius 2 is 1.88 bits per heavy atom. The fourth-order valence-corrected chi connectivity index (χ4v) is 3.12. The number of amides is 1. The van der Waals surface area contributed by atoms with Gasteiger partial charge in [0.2, 0.25) is 0 Å². The Balaban J connectivity index is 1.93. The van der Waals surface area contributed by atoms with Crippen molar-refractivity contribution in [2.24, 2.45) is 5.92 Å². The highest BCUT2D eigenvalue weighted by molar-refractivity contribution is 7.17. The smallest absolute Gasteiger partial charge is 0.349 e. The Labute approximate surface area is 155 Å². The van der Waals surface area contributed by atoms with Gasteiger partial charge in [0.1, 0.15) is 4.88 Å². The number of hydrogen-bond acceptors (Lipinski definition) is 6. The van der Waals surface area contributed by atoms with Gasteiger partial charge in [0.15, 0.2) is 6.61 Å². The van der Waals surface area contributed by atoms with E-state index in [-0.39, 0.29) is 15.9 Å². The van der Waals surface area contributed by atoms with Crippen molar-refractivity contribution >= 4 is 28.2 Å². The second-order valence-corrected chi connectivity index (χ2v) is 7.19. The van der Waals surface area contributed by atoms with E-state index in [1.165, 1.54) is 12.1 Å². The molecule has 0 aliphatic rings. The maximum atomic E-state index is 12.2. The van der Waals surface area contributed by atoms with E-state index in [1.807, 2.05) is 30.3 Å². The summed E-state index contributed by atoms with van der Waals surface area (Å²) in [6, 6.07) is 11.9. The van der Waals surface area contributed by atoms with Crippen molar-refractivity contribution in [3.05, 3.63) is 63.0 Å². The van der Waals surface area contributed by atoms with Gasteiger partial charge in [-0.05, 0) is 24.0 Å². The van der Waals surface area contributed by atoms with Gasteiger partial charge in [-0.3, -0.25) is 14.9 Å². The van der Waals surface area contributed by atoms with Crippen LogP contribution in [0.5, 0.6) is 0 Å². The van der Waals surface area contributed by atoms with Crippen LogP contribution >= 0.6 is 11.3 Å². The minimum Gasteiger partial charge on any atom is -0.451 e. The molecule has 7 nitrogen and oxygen atoms in total. The quantitative estimate of drug-likeness (QED) is 0.430. The molecule has 0 saturated carbocycles. The second-order valence-electron chi connectivity index (χ2n) is 6.13. The molecule has 0 spiro atoms. The zero-order valence-electron chi connectivity index (χ0n) is 14.5. The Kier molecular flexibility index (Phi) is 6.85. The maximum absolute atomic E-state index is 12.2. The number of carbonyl (C=O) groups is 2. The number of nitro groups is 1. The third-order valence-electron chi connectivity index (χ3n) is 3.55. The average Bonchev–Trinajstić information content (AvgIpc) is 3.10. The van der Waals surface area contributed by atoms with Gasteiger partial charge in [0.05, 0.1) is 11.0 Å². The molecule has 1 atom stereocenters. The first-order valence-corrected chi connectivity index (χ1v) is 8.94. The van der Waals surface area contributed by atoms with Crippen molar-refractivity contribution in [1.82, 2.24) is 5.32 Å². The van der Waals surface area contributed by atoms with Gasteiger partial charge in [-0.15, -0.1) is 0 Å². The van der Waals surface area contributed by atoms with Crippen LogP contribution in [-0.2, 0) is 9.53 Å². The summed E-state index contributed by atoms with van der Waals surface area (Å²) in [6.45, 7) is 3.68. The van der Waals surface area contributed by atoms with Crippen LogP contribution in [0.15, 0.2) is 42.5 Å². The molecule has 2 rings (SSSR count). The lowest BCUT2D eigenvalue weighted by Crippen LogP contribution is -2.33. The number of ether oxygens (including phenoxy) is 1. The minimum atomic E-state index is -0.752. The molecule has 0 saturated heterocycles. The Morgan fingerprint density at radius 3 is 2.46 bits per heavy atom. The number of benzene rings is 1. The van der Waals surface area contributed by atoms with Crippen LogP contribution in [0.2, 0.25) is 0 Å². The van der Waals surface area contributed by atoms with E-state index in [1.54, 1.807) is 0 Å². The van der Waals surface area contributed by atoms with E-state index in [0.717, 1.165) is 12.0 Å². The fraction of sp³-hybridized carbons (Fsp3) is 0.333. The van der Waals surface area contributed by atoms with Crippen LogP contribution in [0.1, 0.15) is 41.5 Å². The van der Waals surface area contributed by atoms with Gasteiger partial charge < -0.3 is 10.1 Å². The van der Waals surface area contributed by atoms with Crippen LogP contribution < -0.4 is 5.32 Å². The van der Waals surface area contributed by atoms with Gasteiger partial charge in [-0.25, -0.2) is 4.79 Å². The summed E-state index contributed by atoms with van der Waals surface area (Å²) in [6.07, 6.45) is 0.751. The summed E-state index contributed by atoms with van der Waals surface area (Å²) in [4.78, 5) is 34.2. The zero-order valence-corrected chi connectivity index (χ0v) is 15.3. The summed E-state index contributed by atoms with van der Waals surface area (Å²) < 4.78 is 4.96. The molecule has 1 N–H and O–H groups in total. The Hall–Kier alpha value is -2.74. The molecule has 1 amide bonds. The van der Waals surface area contributed by atoms with Gasteiger partial charge in [-0.2, -0.15) is 0 Å². The molecule has 0 aliphatic heterocycles. The van der Waals surface area contributed by atoms with Crippen LogP contribution in [0.3, 0.4) is 0 Å². The molecule has 0 fully saturated rings. The number of nitrogens with one attached hydrogen (secondary N) is 1. The lowest BCUT2D eigenvalue weighted by Gasteiger charge is -2.21. The molecule has 26 heavy (non-hydrogen) atoms. The Morgan fingerprint density at radius 1 is 1.19 bits per heavy atom. The second kappa shape index (κ2) is 9.10. The molecule has 1 aromatic heterocycles. The summed E-state index contributed by atoms with van der Waals surface area (Å²) >= 11 is 0.715. The van der Waals surface area contributed by atoms with Gasteiger partial charge in [-0.1, -0.05) is 55.5 Å². The van der Waals surface area contributed by atoms with E-state index < -0.39 is 23.4 Å². The van der Waals surface area contributed by atoms with Crippen LogP contribution in [-0.4, -0.2) is 23.4 Å². The molecule has 8 heteroatoms. The van der Waals surface area contributed by atoms with Crippen LogP contribution in [0, 0.1) is 16.0 Å². The Bertz CT molecular complexity index is 773. The molecule has 1 heterocycles. The van der Waals surface area contributed by atoms with E-state index in [2.05, 4.69) is 19.2 Å². The number of carbonyl (C=O) groups excluding carboxylic acids is 2. The van der Waals surface area contributed by atoms with E-state index in [4.69, 9.17) is 4.74 Å². The lowest BCUT2D eigenvalue weighted by atomic mass is 9.97. The normalized spacial score (nSPS) is 11.8. The molecule has 1 aromatic carbocycles. The molecule has 138 valence electrons. The highest BCUT2D eigenvalue weighted by atomic mass is 32.1. The monoisotopic (exact) mass is 376 g/mol. The number of nitrogens with zero attached hydrogens (tertiary/aromatic N) is 1. The summed E-state index contributed by atoms with van der Waals surface area (Å²) in [5.41, 5.74) is 0.981. The number of esters is 1. The standard InChI is InChI=1S/C18H20N2O5S/c1-12(2)10-14(13-6-4-3-5-7-13)19-16(21)11-25-18(22)15-8-9-17(26-15)20(23)24/h3-9,12,14H,10-11H2,1-2H3,(H,19,21)/t14-/m0/s1. The first-order chi connectivity index (χ1) is 12.4. The third kappa shape index (κ3) is 5.66. The van der Waals surface area contributed by atoms with Gasteiger partial charge in [0.25, 0.3) is 5.91 Å². The molecule has 0 bridgehead atoms. The van der Waals surface area contributed by atoms with Crippen molar-refractivity contribution < 1.29 is 19.2 Å². The first-order valence-electron chi connectivity index (χ1n) is 8.12. The number of thiophene rings is 1. The van der Waals surface area contributed by atoms with Gasteiger partial charge >= 0.3 is 11.0 Å². The predicted molar refractivity (Wildman–Crippen MR) is 98.0 cm³/mol. The summed E-state index contributed by atoms with van der Waals surface area (Å²) in [5.74, 6) is -0.799. The third-order valence-corrected chi connectivity index (χ3v) is 4.57. The molecule has 2 aromatic rings. The average molecular weight is 376 g/mol. The summed E-state index contributed by atoms with van der Waals surface area (Å²) in [5, 5.41) is 13.4. The van der Waals surface area contributed by atoms with Crippen molar-refractivity contribution in [2.45, 2.75) is 26.3 Å². The van der Waals surface area contributed by atoms with Crippen molar-refractivity contribution in [3.8, 4) is 0 Å². The topological polar surface area (TPSA) is 98.5 Å². The first kappa shape index (κ1) is 19.6. The lowest BCUT2D eigenvalue weighted by molar-refractivity contribution is -0.380. The SMILES string of the molecule is CC(C)C[C@H](NC(=O)COC(=O)c1ccc([N+](=O)[O-])s1)c1ccccc1.